The molecule has 3 amide bonds. The van der Waals surface area contributed by atoms with E-state index in [1.54, 1.807) is 49.3 Å². The molecule has 29 heavy (non-hydrogen) atoms. The summed E-state index contributed by atoms with van der Waals surface area (Å²) >= 11 is 0. The SMILES string of the molecule is COc1ccc(NC(=O)N2C[C@@H]3CN(C(C)=O)[C@@H](c4cccc(F)c4)[C@@H]3C2)cc1. The van der Waals surface area contributed by atoms with E-state index in [1.807, 2.05) is 11.0 Å². The summed E-state index contributed by atoms with van der Waals surface area (Å²) in [6.45, 7) is 3.22. The molecular formula is C22H24FN3O3. The maximum Gasteiger partial charge on any atom is 0.321 e. The minimum atomic E-state index is -0.318. The predicted octanol–water partition coefficient (Wildman–Crippen LogP) is 3.52. The fourth-order valence-electron chi connectivity index (χ4n) is 4.53. The Balaban J connectivity index is 1.49. The zero-order valence-electron chi connectivity index (χ0n) is 16.5. The summed E-state index contributed by atoms with van der Waals surface area (Å²) in [6, 6.07) is 13.2. The molecule has 2 fully saturated rings. The van der Waals surface area contributed by atoms with Crippen LogP contribution in [0.2, 0.25) is 0 Å². The zero-order valence-corrected chi connectivity index (χ0v) is 16.5. The van der Waals surface area contributed by atoms with Gasteiger partial charge in [-0.05, 0) is 42.0 Å². The molecule has 152 valence electrons. The van der Waals surface area contributed by atoms with Crippen LogP contribution in [0, 0.1) is 17.7 Å². The minimum Gasteiger partial charge on any atom is -0.497 e. The number of hydrogen-bond acceptors (Lipinski definition) is 3. The predicted molar refractivity (Wildman–Crippen MR) is 107 cm³/mol. The van der Waals surface area contributed by atoms with Gasteiger partial charge in [0.15, 0.2) is 0 Å². The van der Waals surface area contributed by atoms with Gasteiger partial charge in [0.05, 0.1) is 13.2 Å². The molecule has 0 bridgehead atoms. The van der Waals surface area contributed by atoms with Crippen molar-refractivity contribution in [1.82, 2.24) is 9.80 Å². The second-order valence-electron chi connectivity index (χ2n) is 7.66. The van der Waals surface area contributed by atoms with Gasteiger partial charge in [-0.1, -0.05) is 12.1 Å². The Labute approximate surface area is 169 Å². The lowest BCUT2D eigenvalue weighted by atomic mass is 9.89. The summed E-state index contributed by atoms with van der Waals surface area (Å²) in [5.74, 6) is 0.640. The summed E-state index contributed by atoms with van der Waals surface area (Å²) in [4.78, 5) is 28.5. The highest BCUT2D eigenvalue weighted by Crippen LogP contribution is 2.45. The van der Waals surface area contributed by atoms with Crippen molar-refractivity contribution in [3.05, 3.63) is 59.9 Å². The lowest BCUT2D eigenvalue weighted by Gasteiger charge is -2.29. The van der Waals surface area contributed by atoms with Crippen LogP contribution in [-0.2, 0) is 4.79 Å². The van der Waals surface area contributed by atoms with Crippen LogP contribution in [0.25, 0.3) is 0 Å². The quantitative estimate of drug-likeness (QED) is 0.862. The Hall–Kier alpha value is -3.09. The molecule has 7 heteroatoms. The number of ether oxygens (including phenoxy) is 1. The standard InChI is InChI=1S/C22H24FN3O3/c1-14(27)26-12-16-11-25(22(28)24-18-6-8-19(29-2)9-7-18)13-20(16)21(26)15-4-3-5-17(23)10-15/h3-10,16,20-21H,11-13H2,1-2H3,(H,24,28)/t16-,20-,21+/m1/s1. The van der Waals surface area contributed by atoms with Crippen LogP contribution >= 0.6 is 0 Å². The molecule has 2 aliphatic rings. The van der Waals surface area contributed by atoms with Crippen LogP contribution < -0.4 is 10.1 Å². The first-order chi connectivity index (χ1) is 14.0. The fourth-order valence-corrected chi connectivity index (χ4v) is 4.53. The number of methoxy groups -OCH3 is 1. The van der Waals surface area contributed by atoms with E-state index in [0.717, 1.165) is 11.3 Å². The number of benzene rings is 2. The monoisotopic (exact) mass is 397 g/mol. The van der Waals surface area contributed by atoms with E-state index < -0.39 is 0 Å². The normalized spacial score (nSPS) is 23.1. The van der Waals surface area contributed by atoms with Crippen molar-refractivity contribution in [2.24, 2.45) is 11.8 Å². The highest BCUT2D eigenvalue weighted by molar-refractivity contribution is 5.89. The molecule has 0 spiro atoms. The Kier molecular flexibility index (Phi) is 5.13. The first-order valence-electron chi connectivity index (χ1n) is 9.69. The zero-order chi connectivity index (χ0) is 20.5. The lowest BCUT2D eigenvalue weighted by molar-refractivity contribution is -0.130. The smallest absolute Gasteiger partial charge is 0.321 e. The summed E-state index contributed by atoms with van der Waals surface area (Å²) < 4.78 is 18.9. The third kappa shape index (κ3) is 3.77. The van der Waals surface area contributed by atoms with Gasteiger partial charge in [0, 0.05) is 44.1 Å². The molecule has 4 rings (SSSR count). The van der Waals surface area contributed by atoms with Crippen LogP contribution in [0.15, 0.2) is 48.5 Å². The number of amides is 3. The van der Waals surface area contributed by atoms with Gasteiger partial charge in [0.25, 0.3) is 0 Å². The minimum absolute atomic E-state index is 0.0251. The third-order valence-corrected chi connectivity index (χ3v) is 5.89. The fraction of sp³-hybridized carbons (Fsp3) is 0.364. The summed E-state index contributed by atoms with van der Waals surface area (Å²) in [6.07, 6.45) is 0. The van der Waals surface area contributed by atoms with Gasteiger partial charge in [-0.15, -0.1) is 0 Å². The van der Waals surface area contributed by atoms with Crippen LogP contribution in [0.3, 0.4) is 0 Å². The second-order valence-corrected chi connectivity index (χ2v) is 7.66. The average molecular weight is 397 g/mol. The molecular weight excluding hydrogens is 373 g/mol. The highest BCUT2D eigenvalue weighted by Gasteiger charge is 2.49. The van der Waals surface area contributed by atoms with Gasteiger partial charge in [-0.2, -0.15) is 0 Å². The van der Waals surface area contributed by atoms with E-state index in [4.69, 9.17) is 4.74 Å². The van der Waals surface area contributed by atoms with E-state index >= 15 is 0 Å². The van der Waals surface area contributed by atoms with Crippen molar-refractivity contribution < 1.29 is 18.7 Å². The first kappa shape index (κ1) is 19.2. The molecule has 1 N–H and O–H groups in total. The number of carbonyl (C=O) groups excluding carboxylic acids is 2. The van der Waals surface area contributed by atoms with E-state index in [0.29, 0.717) is 25.3 Å². The molecule has 2 aromatic rings. The summed E-state index contributed by atoms with van der Waals surface area (Å²) in [7, 11) is 1.59. The number of fused-ring (bicyclic) bond motifs is 1. The van der Waals surface area contributed by atoms with Crippen molar-refractivity contribution in [3.63, 3.8) is 0 Å². The number of urea groups is 1. The number of carbonyl (C=O) groups is 2. The van der Waals surface area contributed by atoms with E-state index in [1.165, 1.54) is 12.1 Å². The number of likely N-dealkylation sites (tertiary alicyclic amines) is 2. The number of nitrogens with zero attached hydrogens (tertiary/aromatic N) is 2. The molecule has 0 unspecified atom stereocenters. The van der Waals surface area contributed by atoms with Crippen LogP contribution in [-0.4, -0.2) is 48.5 Å². The summed E-state index contributed by atoms with van der Waals surface area (Å²) in [5.41, 5.74) is 1.48. The molecule has 0 radical (unpaired) electrons. The van der Waals surface area contributed by atoms with Crippen molar-refractivity contribution in [2.45, 2.75) is 13.0 Å². The van der Waals surface area contributed by atoms with E-state index in [9.17, 15) is 14.0 Å². The Morgan fingerprint density at radius 2 is 1.86 bits per heavy atom. The maximum atomic E-state index is 13.8. The average Bonchev–Trinajstić information content (AvgIpc) is 3.26. The van der Waals surface area contributed by atoms with Gasteiger partial charge in [0.1, 0.15) is 11.6 Å². The summed E-state index contributed by atoms with van der Waals surface area (Å²) in [5, 5.41) is 2.91. The highest BCUT2D eigenvalue weighted by atomic mass is 19.1. The maximum absolute atomic E-state index is 13.8. The van der Waals surface area contributed by atoms with E-state index in [2.05, 4.69) is 5.32 Å². The Morgan fingerprint density at radius 1 is 1.10 bits per heavy atom. The van der Waals surface area contributed by atoms with Gasteiger partial charge in [-0.3, -0.25) is 4.79 Å². The van der Waals surface area contributed by atoms with Crippen molar-refractivity contribution in [3.8, 4) is 5.75 Å². The van der Waals surface area contributed by atoms with Crippen molar-refractivity contribution >= 4 is 17.6 Å². The third-order valence-electron chi connectivity index (χ3n) is 5.89. The molecule has 0 aliphatic carbocycles. The second kappa shape index (κ2) is 7.73. The van der Waals surface area contributed by atoms with Gasteiger partial charge >= 0.3 is 6.03 Å². The molecule has 3 atom stereocenters. The number of rotatable bonds is 3. The first-order valence-corrected chi connectivity index (χ1v) is 9.69. The number of hydrogen-bond donors (Lipinski definition) is 1. The number of anilines is 1. The number of halogens is 1. The van der Waals surface area contributed by atoms with Crippen LogP contribution in [0.1, 0.15) is 18.5 Å². The van der Waals surface area contributed by atoms with Gasteiger partial charge in [0.2, 0.25) is 5.91 Å². The van der Waals surface area contributed by atoms with Gasteiger partial charge < -0.3 is 19.9 Å². The topological polar surface area (TPSA) is 61.9 Å². The largest absolute Gasteiger partial charge is 0.497 e. The molecule has 6 nitrogen and oxygen atoms in total. The molecule has 0 aromatic heterocycles. The van der Waals surface area contributed by atoms with Gasteiger partial charge in [-0.25, -0.2) is 9.18 Å². The van der Waals surface area contributed by atoms with Crippen molar-refractivity contribution in [2.75, 3.05) is 32.1 Å². The number of nitrogens with one attached hydrogen (secondary N) is 1. The molecule has 2 aliphatic heterocycles. The van der Waals surface area contributed by atoms with Crippen molar-refractivity contribution in [1.29, 1.82) is 0 Å². The van der Waals surface area contributed by atoms with Crippen LogP contribution in [0.4, 0.5) is 14.9 Å². The molecule has 2 saturated heterocycles. The molecule has 0 saturated carbocycles. The van der Waals surface area contributed by atoms with Crippen LogP contribution in [0.5, 0.6) is 5.75 Å². The molecule has 2 aromatic carbocycles. The van der Waals surface area contributed by atoms with E-state index in [-0.39, 0.29) is 35.6 Å². The molecule has 2 heterocycles. The Bertz CT molecular complexity index is 918. The Morgan fingerprint density at radius 3 is 2.52 bits per heavy atom. The lowest BCUT2D eigenvalue weighted by Crippen LogP contribution is -2.38.